The van der Waals surface area contributed by atoms with Gasteiger partial charge >= 0.3 is 0 Å². The highest BCUT2D eigenvalue weighted by molar-refractivity contribution is 9.10. The van der Waals surface area contributed by atoms with Crippen molar-refractivity contribution in [1.29, 1.82) is 0 Å². The zero-order chi connectivity index (χ0) is 10.9. The summed E-state index contributed by atoms with van der Waals surface area (Å²) in [7, 11) is 1.92. The van der Waals surface area contributed by atoms with Crippen molar-refractivity contribution < 1.29 is 0 Å². The van der Waals surface area contributed by atoms with E-state index in [0.29, 0.717) is 0 Å². The maximum absolute atomic E-state index is 6.24. The summed E-state index contributed by atoms with van der Waals surface area (Å²) in [5.74, 6) is 0. The van der Waals surface area contributed by atoms with Crippen LogP contribution in [-0.4, -0.2) is 9.78 Å². The molecule has 0 radical (unpaired) electrons. The molecule has 0 aliphatic carbocycles. The fourth-order valence-electron chi connectivity index (χ4n) is 1.36. The third-order valence-corrected chi connectivity index (χ3v) is 3.60. The molecular formula is C10H18BrN3. The molecule has 0 saturated heterocycles. The first-order chi connectivity index (χ1) is 6.40. The summed E-state index contributed by atoms with van der Waals surface area (Å²) in [6, 6.07) is 0.00868. The van der Waals surface area contributed by atoms with Gasteiger partial charge in [0.05, 0.1) is 22.4 Å². The summed E-state index contributed by atoms with van der Waals surface area (Å²) in [6.07, 6.45) is 2.84. The lowest BCUT2D eigenvalue weighted by molar-refractivity contribution is 0.267. The fraction of sp³-hybridized carbons (Fsp3) is 0.700. The SMILES string of the molecule is CCC(C)(C)C(N)c1c(Br)cnn1C. The standard InChI is InChI=1S/C10H18BrN3/c1-5-10(2,3)9(12)8-7(11)6-13-14(8)4/h6,9H,5,12H2,1-4H3. The van der Waals surface area contributed by atoms with Gasteiger partial charge in [-0.15, -0.1) is 0 Å². The number of nitrogens with two attached hydrogens (primary N) is 1. The Morgan fingerprint density at radius 3 is 2.57 bits per heavy atom. The highest BCUT2D eigenvalue weighted by Gasteiger charge is 2.29. The maximum Gasteiger partial charge on any atom is 0.0695 e. The predicted octanol–water partition coefficient (Wildman–Crippen LogP) is 2.62. The molecule has 0 aliphatic rings. The van der Waals surface area contributed by atoms with Crippen LogP contribution < -0.4 is 5.73 Å². The molecule has 1 rings (SSSR count). The molecule has 0 amide bonds. The average Bonchev–Trinajstić information content (AvgIpc) is 2.45. The van der Waals surface area contributed by atoms with Crippen LogP contribution in [0.15, 0.2) is 10.7 Å². The Morgan fingerprint density at radius 1 is 1.64 bits per heavy atom. The van der Waals surface area contributed by atoms with Crippen LogP contribution >= 0.6 is 15.9 Å². The topological polar surface area (TPSA) is 43.8 Å². The number of aromatic nitrogens is 2. The van der Waals surface area contributed by atoms with Gasteiger partial charge < -0.3 is 5.73 Å². The smallest absolute Gasteiger partial charge is 0.0695 e. The lowest BCUT2D eigenvalue weighted by Gasteiger charge is -2.30. The van der Waals surface area contributed by atoms with E-state index in [2.05, 4.69) is 41.8 Å². The molecule has 0 saturated carbocycles. The molecule has 3 nitrogen and oxygen atoms in total. The van der Waals surface area contributed by atoms with Crippen LogP contribution in [0.1, 0.15) is 38.9 Å². The van der Waals surface area contributed by atoms with E-state index in [1.54, 1.807) is 6.20 Å². The van der Waals surface area contributed by atoms with Crippen molar-refractivity contribution in [3.8, 4) is 0 Å². The summed E-state index contributed by atoms with van der Waals surface area (Å²) in [6.45, 7) is 6.51. The molecule has 1 unspecified atom stereocenters. The Balaban J connectivity index is 3.06. The number of rotatable bonds is 3. The van der Waals surface area contributed by atoms with E-state index in [9.17, 15) is 0 Å². The van der Waals surface area contributed by atoms with Gasteiger partial charge in [0.25, 0.3) is 0 Å². The van der Waals surface area contributed by atoms with Crippen LogP contribution in [0, 0.1) is 5.41 Å². The highest BCUT2D eigenvalue weighted by Crippen LogP contribution is 2.36. The second kappa shape index (κ2) is 4.03. The summed E-state index contributed by atoms with van der Waals surface area (Å²) in [4.78, 5) is 0. The van der Waals surface area contributed by atoms with Crippen LogP contribution in [-0.2, 0) is 7.05 Å². The minimum atomic E-state index is 0.00868. The second-order valence-electron chi connectivity index (χ2n) is 4.32. The Labute approximate surface area is 93.8 Å². The zero-order valence-electron chi connectivity index (χ0n) is 9.21. The Morgan fingerprint density at radius 2 is 2.21 bits per heavy atom. The first-order valence-corrected chi connectivity index (χ1v) is 5.62. The molecule has 80 valence electrons. The lowest BCUT2D eigenvalue weighted by atomic mass is 9.81. The molecule has 2 N–H and O–H groups in total. The highest BCUT2D eigenvalue weighted by atomic mass is 79.9. The van der Waals surface area contributed by atoms with Gasteiger partial charge in [0.1, 0.15) is 0 Å². The Hall–Kier alpha value is -0.350. The number of hydrogen-bond donors (Lipinski definition) is 1. The Bertz CT molecular complexity index is 298. The first kappa shape index (κ1) is 11.7. The number of nitrogens with zero attached hydrogens (tertiary/aromatic N) is 2. The number of aryl methyl sites for hydroxylation is 1. The van der Waals surface area contributed by atoms with Gasteiger partial charge in [0.2, 0.25) is 0 Å². The molecule has 1 atom stereocenters. The van der Waals surface area contributed by atoms with Crippen molar-refractivity contribution in [3.63, 3.8) is 0 Å². The summed E-state index contributed by atoms with van der Waals surface area (Å²) < 4.78 is 2.83. The first-order valence-electron chi connectivity index (χ1n) is 4.83. The van der Waals surface area contributed by atoms with Crippen molar-refractivity contribution in [2.24, 2.45) is 18.2 Å². The van der Waals surface area contributed by atoms with Gasteiger partial charge in [-0.25, -0.2) is 0 Å². The summed E-state index contributed by atoms with van der Waals surface area (Å²) >= 11 is 3.48. The van der Waals surface area contributed by atoms with Crippen molar-refractivity contribution >= 4 is 15.9 Å². The van der Waals surface area contributed by atoms with Gasteiger partial charge in [-0.2, -0.15) is 5.10 Å². The van der Waals surface area contributed by atoms with E-state index in [1.807, 2.05) is 11.7 Å². The van der Waals surface area contributed by atoms with Crippen LogP contribution in [0.5, 0.6) is 0 Å². The Kier molecular flexibility index (Phi) is 3.37. The molecule has 1 aromatic rings. The average molecular weight is 260 g/mol. The molecule has 0 bridgehead atoms. The van der Waals surface area contributed by atoms with Crippen LogP contribution in [0.4, 0.5) is 0 Å². The summed E-state index contributed by atoms with van der Waals surface area (Å²) in [5, 5.41) is 4.17. The molecular weight excluding hydrogens is 242 g/mol. The molecule has 0 aromatic carbocycles. The van der Waals surface area contributed by atoms with Gasteiger partial charge in [-0.1, -0.05) is 20.8 Å². The quantitative estimate of drug-likeness (QED) is 0.907. The molecule has 0 aliphatic heterocycles. The van der Waals surface area contributed by atoms with Gasteiger partial charge in [-0.3, -0.25) is 4.68 Å². The fourth-order valence-corrected chi connectivity index (χ4v) is 1.95. The second-order valence-corrected chi connectivity index (χ2v) is 5.18. The maximum atomic E-state index is 6.24. The van der Waals surface area contributed by atoms with Gasteiger partial charge in [0.15, 0.2) is 0 Å². The van der Waals surface area contributed by atoms with Gasteiger partial charge in [0, 0.05) is 7.05 Å². The van der Waals surface area contributed by atoms with E-state index in [0.717, 1.165) is 16.6 Å². The molecule has 1 aromatic heterocycles. The van der Waals surface area contributed by atoms with Crippen molar-refractivity contribution in [2.75, 3.05) is 0 Å². The van der Waals surface area contributed by atoms with Crippen molar-refractivity contribution in [2.45, 2.75) is 33.2 Å². The normalized spacial score (nSPS) is 14.4. The van der Waals surface area contributed by atoms with E-state index >= 15 is 0 Å². The minimum absolute atomic E-state index is 0.00868. The zero-order valence-corrected chi connectivity index (χ0v) is 10.8. The van der Waals surface area contributed by atoms with Crippen molar-refractivity contribution in [3.05, 3.63) is 16.4 Å². The molecule has 1 heterocycles. The molecule has 0 fully saturated rings. The van der Waals surface area contributed by atoms with Crippen LogP contribution in [0.25, 0.3) is 0 Å². The lowest BCUT2D eigenvalue weighted by Crippen LogP contribution is -2.30. The third-order valence-electron chi connectivity index (χ3n) is 2.99. The molecule has 4 heteroatoms. The van der Waals surface area contributed by atoms with Crippen molar-refractivity contribution in [1.82, 2.24) is 9.78 Å². The van der Waals surface area contributed by atoms with Gasteiger partial charge in [-0.05, 0) is 27.8 Å². The van der Waals surface area contributed by atoms with Crippen LogP contribution in [0.3, 0.4) is 0 Å². The number of hydrogen-bond acceptors (Lipinski definition) is 2. The predicted molar refractivity (Wildman–Crippen MR) is 61.9 cm³/mol. The van der Waals surface area contributed by atoms with Crippen LogP contribution in [0.2, 0.25) is 0 Å². The molecule has 14 heavy (non-hydrogen) atoms. The molecule has 0 spiro atoms. The van der Waals surface area contributed by atoms with E-state index < -0.39 is 0 Å². The largest absolute Gasteiger partial charge is 0.322 e. The van der Waals surface area contributed by atoms with E-state index in [-0.39, 0.29) is 11.5 Å². The minimum Gasteiger partial charge on any atom is -0.322 e. The van der Waals surface area contributed by atoms with E-state index in [1.165, 1.54) is 0 Å². The number of halogens is 1. The third kappa shape index (κ3) is 2.01. The summed E-state index contributed by atoms with van der Waals surface area (Å²) in [5.41, 5.74) is 7.40. The monoisotopic (exact) mass is 259 g/mol. The van der Waals surface area contributed by atoms with E-state index in [4.69, 9.17) is 5.73 Å².